The first kappa shape index (κ1) is 13.1. The largest absolute Gasteiger partial charge is 0.383 e. The zero-order valence-electron chi connectivity index (χ0n) is 9.51. The van der Waals surface area contributed by atoms with E-state index in [0.29, 0.717) is 13.2 Å². The number of methoxy groups -OCH3 is 1. The number of ether oxygens (including phenoxy) is 1. The van der Waals surface area contributed by atoms with Crippen molar-refractivity contribution in [3.05, 3.63) is 12.0 Å². The zero-order valence-corrected chi connectivity index (χ0v) is 10.3. The molecule has 1 rings (SSSR count). The van der Waals surface area contributed by atoms with Crippen LogP contribution in [-0.2, 0) is 27.7 Å². The number of aryl methyl sites for hydroxylation is 1. The predicted molar refractivity (Wildman–Crippen MR) is 59.5 cm³/mol. The van der Waals surface area contributed by atoms with Gasteiger partial charge in [-0.1, -0.05) is 6.92 Å². The first-order chi connectivity index (χ1) is 7.49. The van der Waals surface area contributed by atoms with E-state index in [-0.39, 0.29) is 5.03 Å². The van der Waals surface area contributed by atoms with Crippen LogP contribution >= 0.6 is 0 Å². The van der Waals surface area contributed by atoms with Gasteiger partial charge in [-0.3, -0.25) is 0 Å². The average molecular weight is 247 g/mol. The highest BCUT2D eigenvalue weighted by molar-refractivity contribution is 7.89. The van der Waals surface area contributed by atoms with Gasteiger partial charge in [0, 0.05) is 26.3 Å². The van der Waals surface area contributed by atoms with Crippen molar-refractivity contribution in [1.29, 1.82) is 0 Å². The monoisotopic (exact) mass is 247 g/mol. The number of sulfonamides is 1. The molecule has 6 nitrogen and oxygen atoms in total. The van der Waals surface area contributed by atoms with Crippen molar-refractivity contribution in [2.45, 2.75) is 31.3 Å². The molecule has 0 aliphatic heterocycles. The molecule has 1 aromatic rings. The Kier molecular flexibility index (Phi) is 4.45. The van der Waals surface area contributed by atoms with Crippen molar-refractivity contribution in [3.8, 4) is 0 Å². The minimum Gasteiger partial charge on any atom is -0.383 e. The molecule has 1 heterocycles. The molecule has 0 aliphatic carbocycles. The molecule has 1 aromatic heterocycles. The number of rotatable bonds is 6. The van der Waals surface area contributed by atoms with E-state index in [1.165, 1.54) is 6.20 Å². The van der Waals surface area contributed by atoms with Crippen LogP contribution in [0.15, 0.2) is 11.2 Å². The summed E-state index contributed by atoms with van der Waals surface area (Å²) in [5.41, 5.74) is 0. The molecular weight excluding hydrogens is 230 g/mol. The lowest BCUT2D eigenvalue weighted by Crippen LogP contribution is -2.12. The van der Waals surface area contributed by atoms with Gasteiger partial charge < -0.3 is 9.30 Å². The standard InChI is InChI=1S/C9H17N3O3S/c1-3-4-8-11-9(16(10,13)14)7-12(8)5-6-15-2/h7H,3-6H2,1-2H3,(H2,10,13,14). The van der Waals surface area contributed by atoms with E-state index in [1.54, 1.807) is 11.7 Å². The van der Waals surface area contributed by atoms with Crippen molar-refractivity contribution < 1.29 is 13.2 Å². The summed E-state index contributed by atoms with van der Waals surface area (Å²) in [6, 6.07) is 0. The Balaban J connectivity index is 3.00. The summed E-state index contributed by atoms with van der Waals surface area (Å²) < 4.78 is 29.0. The third-order valence-electron chi connectivity index (χ3n) is 2.14. The van der Waals surface area contributed by atoms with E-state index in [1.807, 2.05) is 6.92 Å². The van der Waals surface area contributed by atoms with Gasteiger partial charge in [0.1, 0.15) is 5.82 Å². The summed E-state index contributed by atoms with van der Waals surface area (Å²) in [6.07, 6.45) is 3.08. The summed E-state index contributed by atoms with van der Waals surface area (Å²) in [4.78, 5) is 4.02. The maximum atomic E-state index is 11.1. The molecule has 0 aliphatic rings. The van der Waals surface area contributed by atoms with Crippen LogP contribution in [-0.4, -0.2) is 31.7 Å². The molecule has 0 atom stereocenters. The van der Waals surface area contributed by atoms with Gasteiger partial charge in [0.15, 0.2) is 5.03 Å². The summed E-state index contributed by atoms with van der Waals surface area (Å²) >= 11 is 0. The van der Waals surface area contributed by atoms with Gasteiger partial charge >= 0.3 is 0 Å². The molecule has 0 bridgehead atoms. The Morgan fingerprint density at radius 3 is 2.75 bits per heavy atom. The molecule has 0 saturated heterocycles. The molecule has 2 N–H and O–H groups in total. The van der Waals surface area contributed by atoms with Crippen LogP contribution in [0.4, 0.5) is 0 Å². The van der Waals surface area contributed by atoms with Gasteiger partial charge in [-0.05, 0) is 6.42 Å². The topological polar surface area (TPSA) is 87.2 Å². The van der Waals surface area contributed by atoms with E-state index in [0.717, 1.165) is 18.7 Å². The maximum absolute atomic E-state index is 11.1. The Morgan fingerprint density at radius 2 is 2.25 bits per heavy atom. The van der Waals surface area contributed by atoms with Gasteiger partial charge in [0.2, 0.25) is 0 Å². The van der Waals surface area contributed by atoms with Crippen molar-refractivity contribution in [3.63, 3.8) is 0 Å². The third kappa shape index (κ3) is 3.29. The Hall–Kier alpha value is -0.920. The highest BCUT2D eigenvalue weighted by Crippen LogP contribution is 2.09. The second-order valence-electron chi connectivity index (χ2n) is 3.48. The van der Waals surface area contributed by atoms with E-state index >= 15 is 0 Å². The quantitative estimate of drug-likeness (QED) is 0.774. The van der Waals surface area contributed by atoms with Crippen LogP contribution in [0.25, 0.3) is 0 Å². The SMILES string of the molecule is CCCc1nc(S(N)(=O)=O)cn1CCOC. The molecule has 7 heteroatoms. The first-order valence-corrected chi connectivity index (χ1v) is 6.61. The highest BCUT2D eigenvalue weighted by Gasteiger charge is 2.15. The van der Waals surface area contributed by atoms with E-state index in [4.69, 9.17) is 9.88 Å². The number of imidazole rings is 1. The summed E-state index contributed by atoms with van der Waals surface area (Å²) in [7, 11) is -2.13. The van der Waals surface area contributed by atoms with Gasteiger partial charge in [-0.2, -0.15) is 0 Å². The van der Waals surface area contributed by atoms with Crippen LogP contribution < -0.4 is 5.14 Å². The fourth-order valence-electron chi connectivity index (χ4n) is 1.37. The number of nitrogens with zero attached hydrogens (tertiary/aromatic N) is 2. The minimum absolute atomic E-state index is 0.0768. The lowest BCUT2D eigenvalue weighted by molar-refractivity contribution is 0.186. The second-order valence-corrected chi connectivity index (χ2v) is 4.98. The van der Waals surface area contributed by atoms with Crippen LogP contribution in [0.3, 0.4) is 0 Å². The molecule has 0 amide bonds. The van der Waals surface area contributed by atoms with Gasteiger partial charge in [0.25, 0.3) is 10.0 Å². The molecule has 0 unspecified atom stereocenters. The summed E-state index contributed by atoms with van der Waals surface area (Å²) in [5.74, 6) is 0.726. The number of primary sulfonamides is 1. The van der Waals surface area contributed by atoms with Crippen molar-refractivity contribution in [1.82, 2.24) is 9.55 Å². The molecule has 0 fully saturated rings. The molecule has 0 radical (unpaired) electrons. The van der Waals surface area contributed by atoms with Crippen molar-refractivity contribution in [2.24, 2.45) is 5.14 Å². The first-order valence-electron chi connectivity index (χ1n) is 5.06. The van der Waals surface area contributed by atoms with E-state index in [2.05, 4.69) is 4.98 Å². The van der Waals surface area contributed by atoms with Crippen LogP contribution in [0, 0.1) is 0 Å². The van der Waals surface area contributed by atoms with E-state index < -0.39 is 10.0 Å². The Morgan fingerprint density at radius 1 is 1.56 bits per heavy atom. The maximum Gasteiger partial charge on any atom is 0.257 e. The number of nitrogens with two attached hydrogens (primary N) is 1. The summed E-state index contributed by atoms with van der Waals surface area (Å²) in [5, 5.41) is 4.95. The minimum atomic E-state index is -3.72. The van der Waals surface area contributed by atoms with Gasteiger partial charge in [-0.15, -0.1) is 0 Å². The Bertz CT molecular complexity index is 439. The lowest BCUT2D eigenvalue weighted by Gasteiger charge is -2.04. The van der Waals surface area contributed by atoms with E-state index in [9.17, 15) is 8.42 Å². The van der Waals surface area contributed by atoms with Crippen molar-refractivity contribution >= 4 is 10.0 Å². The molecule has 0 spiro atoms. The molecular formula is C9H17N3O3S. The molecule has 16 heavy (non-hydrogen) atoms. The third-order valence-corrected chi connectivity index (χ3v) is 2.92. The summed E-state index contributed by atoms with van der Waals surface area (Å²) in [6.45, 7) is 3.09. The Labute approximate surface area is 95.5 Å². The van der Waals surface area contributed by atoms with Gasteiger partial charge in [-0.25, -0.2) is 18.5 Å². The lowest BCUT2D eigenvalue weighted by atomic mass is 10.3. The highest BCUT2D eigenvalue weighted by atomic mass is 32.2. The predicted octanol–water partition coefficient (Wildman–Crippen LogP) is 0.129. The van der Waals surface area contributed by atoms with Crippen LogP contribution in [0.5, 0.6) is 0 Å². The molecule has 92 valence electrons. The number of hydrogen-bond acceptors (Lipinski definition) is 4. The number of hydrogen-bond donors (Lipinski definition) is 1. The zero-order chi connectivity index (χ0) is 12.2. The second kappa shape index (κ2) is 5.42. The fraction of sp³-hybridized carbons (Fsp3) is 0.667. The van der Waals surface area contributed by atoms with Crippen LogP contribution in [0.2, 0.25) is 0 Å². The van der Waals surface area contributed by atoms with Crippen molar-refractivity contribution in [2.75, 3.05) is 13.7 Å². The normalized spacial score (nSPS) is 11.9. The molecule has 0 saturated carbocycles. The molecule has 0 aromatic carbocycles. The van der Waals surface area contributed by atoms with Crippen LogP contribution in [0.1, 0.15) is 19.2 Å². The fourth-order valence-corrected chi connectivity index (χ4v) is 1.88. The number of aromatic nitrogens is 2. The average Bonchev–Trinajstić information content (AvgIpc) is 2.58. The van der Waals surface area contributed by atoms with Gasteiger partial charge in [0.05, 0.1) is 6.61 Å². The smallest absolute Gasteiger partial charge is 0.257 e.